The second-order valence-electron chi connectivity index (χ2n) is 6.93. The standard InChI is InChI=1S/C24H26O6/c1-5-30-24(26)22-19(18-10-7-11-21(28-3)23(18)29-4)13-16(14-20(22)25)15-8-6-9-17(12-15)27-2/h6-12,14,19,22H,5,13H2,1-4H3/t19-,22+/m0/s1. The molecule has 0 fully saturated rings. The molecule has 0 saturated carbocycles. The van der Waals surface area contributed by atoms with Gasteiger partial charge in [-0.25, -0.2) is 0 Å². The molecule has 0 amide bonds. The topological polar surface area (TPSA) is 71.1 Å². The van der Waals surface area contributed by atoms with Gasteiger partial charge in [-0.15, -0.1) is 0 Å². The Bertz CT molecular complexity index is 962. The molecule has 30 heavy (non-hydrogen) atoms. The molecular weight excluding hydrogens is 384 g/mol. The van der Waals surface area contributed by atoms with E-state index in [1.807, 2.05) is 36.4 Å². The number of ether oxygens (including phenoxy) is 4. The van der Waals surface area contributed by atoms with Crippen LogP contribution in [-0.4, -0.2) is 39.7 Å². The van der Waals surface area contributed by atoms with E-state index in [4.69, 9.17) is 18.9 Å². The third-order valence-electron chi connectivity index (χ3n) is 5.28. The van der Waals surface area contributed by atoms with Crippen molar-refractivity contribution in [1.82, 2.24) is 0 Å². The molecule has 0 bridgehead atoms. The second-order valence-corrected chi connectivity index (χ2v) is 6.93. The number of benzene rings is 2. The molecule has 6 heteroatoms. The molecule has 0 saturated heterocycles. The van der Waals surface area contributed by atoms with Crippen LogP contribution in [0.2, 0.25) is 0 Å². The Morgan fingerprint density at radius 3 is 2.47 bits per heavy atom. The summed E-state index contributed by atoms with van der Waals surface area (Å²) in [4.78, 5) is 25.8. The Morgan fingerprint density at radius 1 is 1.03 bits per heavy atom. The van der Waals surface area contributed by atoms with Crippen LogP contribution in [0, 0.1) is 5.92 Å². The fourth-order valence-electron chi connectivity index (χ4n) is 3.90. The molecule has 0 radical (unpaired) electrons. The van der Waals surface area contributed by atoms with Crippen LogP contribution in [0.1, 0.15) is 30.4 Å². The zero-order valence-corrected chi connectivity index (χ0v) is 17.6. The van der Waals surface area contributed by atoms with Crippen LogP contribution in [0.4, 0.5) is 0 Å². The predicted molar refractivity (Wildman–Crippen MR) is 113 cm³/mol. The average molecular weight is 410 g/mol. The van der Waals surface area contributed by atoms with Crippen molar-refractivity contribution >= 4 is 17.3 Å². The first-order valence-electron chi connectivity index (χ1n) is 9.80. The molecule has 1 aliphatic rings. The maximum absolute atomic E-state index is 13.1. The molecule has 0 N–H and O–H groups in total. The SMILES string of the molecule is CCOC(=O)[C@H]1C(=O)C=C(c2cccc(OC)c2)C[C@H]1c1cccc(OC)c1OC. The van der Waals surface area contributed by atoms with Crippen LogP contribution >= 0.6 is 0 Å². The number of hydrogen-bond acceptors (Lipinski definition) is 6. The summed E-state index contributed by atoms with van der Waals surface area (Å²) < 4.78 is 21.6. The van der Waals surface area contributed by atoms with Crippen molar-refractivity contribution < 1.29 is 28.5 Å². The second kappa shape index (κ2) is 9.48. The highest BCUT2D eigenvalue weighted by atomic mass is 16.5. The van der Waals surface area contributed by atoms with E-state index in [9.17, 15) is 9.59 Å². The normalized spacial score (nSPS) is 18.4. The molecule has 0 spiro atoms. The average Bonchev–Trinajstić information content (AvgIpc) is 2.77. The molecule has 0 aromatic heterocycles. The van der Waals surface area contributed by atoms with Gasteiger partial charge >= 0.3 is 5.97 Å². The van der Waals surface area contributed by atoms with E-state index < -0.39 is 17.8 Å². The summed E-state index contributed by atoms with van der Waals surface area (Å²) in [5.74, 6) is -0.454. The summed E-state index contributed by atoms with van der Waals surface area (Å²) in [5.41, 5.74) is 2.43. The lowest BCUT2D eigenvalue weighted by molar-refractivity contribution is -0.151. The maximum atomic E-state index is 13.1. The Morgan fingerprint density at radius 2 is 1.80 bits per heavy atom. The Kier molecular flexibility index (Phi) is 6.77. The van der Waals surface area contributed by atoms with E-state index in [1.54, 1.807) is 40.4 Å². The monoisotopic (exact) mass is 410 g/mol. The minimum atomic E-state index is -0.944. The summed E-state index contributed by atoms with van der Waals surface area (Å²) in [6, 6.07) is 13.0. The van der Waals surface area contributed by atoms with Crippen molar-refractivity contribution in [3.63, 3.8) is 0 Å². The fraction of sp³-hybridized carbons (Fsp3) is 0.333. The summed E-state index contributed by atoms with van der Waals surface area (Å²) in [6.07, 6.45) is 2.01. The van der Waals surface area contributed by atoms with Gasteiger partial charge in [0.05, 0.1) is 27.9 Å². The van der Waals surface area contributed by atoms with Crippen LogP contribution in [0.5, 0.6) is 17.2 Å². The first-order valence-corrected chi connectivity index (χ1v) is 9.80. The maximum Gasteiger partial charge on any atom is 0.317 e. The van der Waals surface area contributed by atoms with Gasteiger partial charge in [0.15, 0.2) is 17.3 Å². The van der Waals surface area contributed by atoms with Gasteiger partial charge in [-0.05, 0) is 48.8 Å². The van der Waals surface area contributed by atoms with E-state index in [0.717, 1.165) is 16.7 Å². The van der Waals surface area contributed by atoms with Crippen molar-refractivity contribution in [2.24, 2.45) is 5.92 Å². The number of carbonyl (C=O) groups is 2. The predicted octanol–water partition coefficient (Wildman–Crippen LogP) is 4.03. The summed E-state index contributed by atoms with van der Waals surface area (Å²) >= 11 is 0. The number of ketones is 1. The van der Waals surface area contributed by atoms with Crippen LogP contribution in [0.25, 0.3) is 5.57 Å². The van der Waals surface area contributed by atoms with E-state index >= 15 is 0 Å². The van der Waals surface area contributed by atoms with Gasteiger partial charge in [-0.1, -0.05) is 24.3 Å². The van der Waals surface area contributed by atoms with E-state index in [1.165, 1.54) is 0 Å². The molecule has 1 aliphatic carbocycles. The van der Waals surface area contributed by atoms with Crippen molar-refractivity contribution in [2.45, 2.75) is 19.3 Å². The molecule has 3 rings (SSSR count). The molecule has 2 aromatic rings. The first kappa shape index (κ1) is 21.4. The lowest BCUT2D eigenvalue weighted by Crippen LogP contribution is -2.34. The zero-order valence-electron chi connectivity index (χ0n) is 17.6. The third-order valence-corrected chi connectivity index (χ3v) is 5.28. The smallest absolute Gasteiger partial charge is 0.317 e. The zero-order chi connectivity index (χ0) is 21.7. The van der Waals surface area contributed by atoms with Gasteiger partial charge in [0.2, 0.25) is 0 Å². The molecule has 0 heterocycles. The number of esters is 1. The van der Waals surface area contributed by atoms with Crippen LogP contribution in [0.15, 0.2) is 48.5 Å². The highest BCUT2D eigenvalue weighted by molar-refractivity contribution is 6.10. The number of rotatable bonds is 7. The van der Waals surface area contributed by atoms with Gasteiger partial charge in [-0.2, -0.15) is 0 Å². The van der Waals surface area contributed by atoms with E-state index in [0.29, 0.717) is 23.7 Å². The highest BCUT2D eigenvalue weighted by Gasteiger charge is 2.41. The lowest BCUT2D eigenvalue weighted by Gasteiger charge is -2.30. The van der Waals surface area contributed by atoms with Crippen LogP contribution in [-0.2, 0) is 14.3 Å². The number of allylic oxidation sites excluding steroid dienone is 2. The molecule has 0 unspecified atom stereocenters. The molecule has 6 nitrogen and oxygen atoms in total. The highest BCUT2D eigenvalue weighted by Crippen LogP contribution is 2.46. The van der Waals surface area contributed by atoms with Gasteiger partial charge in [0.25, 0.3) is 0 Å². The third kappa shape index (κ3) is 4.17. The van der Waals surface area contributed by atoms with Gasteiger partial charge in [0, 0.05) is 11.5 Å². The van der Waals surface area contributed by atoms with E-state index in [2.05, 4.69) is 0 Å². The van der Waals surface area contributed by atoms with Crippen molar-refractivity contribution in [3.05, 3.63) is 59.7 Å². The minimum absolute atomic E-state index is 0.205. The van der Waals surface area contributed by atoms with Gasteiger partial charge in [-0.3, -0.25) is 9.59 Å². The number of hydrogen-bond donors (Lipinski definition) is 0. The summed E-state index contributed by atoms with van der Waals surface area (Å²) in [7, 11) is 4.70. The molecule has 158 valence electrons. The molecule has 0 aliphatic heterocycles. The quantitative estimate of drug-likeness (QED) is 0.507. The Hall–Kier alpha value is -3.28. The number of carbonyl (C=O) groups excluding carboxylic acids is 2. The lowest BCUT2D eigenvalue weighted by atomic mass is 9.73. The number of para-hydroxylation sites is 1. The Labute approximate surface area is 176 Å². The Balaban J connectivity index is 2.11. The fourth-order valence-corrected chi connectivity index (χ4v) is 3.90. The van der Waals surface area contributed by atoms with Crippen LogP contribution < -0.4 is 14.2 Å². The molecule has 2 atom stereocenters. The minimum Gasteiger partial charge on any atom is -0.497 e. The molecular formula is C24H26O6. The van der Waals surface area contributed by atoms with Crippen molar-refractivity contribution in [1.29, 1.82) is 0 Å². The van der Waals surface area contributed by atoms with Gasteiger partial charge < -0.3 is 18.9 Å². The largest absolute Gasteiger partial charge is 0.497 e. The summed E-state index contributed by atoms with van der Waals surface area (Å²) in [5, 5.41) is 0. The van der Waals surface area contributed by atoms with Gasteiger partial charge in [0.1, 0.15) is 11.7 Å². The summed E-state index contributed by atoms with van der Waals surface area (Å²) in [6.45, 7) is 1.93. The van der Waals surface area contributed by atoms with Crippen molar-refractivity contribution in [2.75, 3.05) is 27.9 Å². The molecule has 2 aromatic carbocycles. The van der Waals surface area contributed by atoms with Crippen LogP contribution in [0.3, 0.4) is 0 Å². The first-order chi connectivity index (χ1) is 14.5. The van der Waals surface area contributed by atoms with E-state index in [-0.39, 0.29) is 12.4 Å². The number of methoxy groups -OCH3 is 3. The van der Waals surface area contributed by atoms with Crippen molar-refractivity contribution in [3.8, 4) is 17.2 Å².